The molecule has 1 aliphatic heterocycles. The van der Waals surface area contributed by atoms with E-state index in [0.29, 0.717) is 26.2 Å². The van der Waals surface area contributed by atoms with Gasteiger partial charge < -0.3 is 20.3 Å². The van der Waals surface area contributed by atoms with Crippen molar-refractivity contribution in [2.45, 2.75) is 19.9 Å². The molecule has 2 amide bonds. The van der Waals surface area contributed by atoms with Gasteiger partial charge in [0.15, 0.2) is 0 Å². The molecule has 0 aliphatic carbocycles. The molecule has 2 atom stereocenters. The van der Waals surface area contributed by atoms with E-state index in [9.17, 15) is 9.59 Å². The summed E-state index contributed by atoms with van der Waals surface area (Å²) < 4.78 is 5.30. The molecular formula is C12H23N3O3. The van der Waals surface area contributed by atoms with E-state index < -0.39 is 6.04 Å². The van der Waals surface area contributed by atoms with Crippen LogP contribution >= 0.6 is 0 Å². The van der Waals surface area contributed by atoms with E-state index in [1.807, 2.05) is 20.9 Å². The van der Waals surface area contributed by atoms with Crippen LogP contribution in [-0.2, 0) is 14.3 Å². The molecule has 6 nitrogen and oxygen atoms in total. The molecular weight excluding hydrogens is 234 g/mol. The Morgan fingerprint density at radius 3 is 2.83 bits per heavy atom. The Hall–Kier alpha value is -1.14. The van der Waals surface area contributed by atoms with Crippen LogP contribution in [0.4, 0.5) is 0 Å². The van der Waals surface area contributed by atoms with Crippen molar-refractivity contribution >= 4 is 11.8 Å². The summed E-state index contributed by atoms with van der Waals surface area (Å²) in [6.45, 7) is 6.15. The van der Waals surface area contributed by atoms with Crippen LogP contribution in [0, 0.1) is 5.92 Å². The van der Waals surface area contributed by atoms with Crippen LogP contribution in [0.2, 0.25) is 0 Å². The van der Waals surface area contributed by atoms with E-state index in [2.05, 4.69) is 10.6 Å². The third-order valence-electron chi connectivity index (χ3n) is 3.00. The number of rotatable bonds is 5. The fourth-order valence-electron chi connectivity index (χ4n) is 2.05. The number of hydrogen-bond donors (Lipinski definition) is 2. The fraction of sp³-hybridized carbons (Fsp3) is 0.833. The summed E-state index contributed by atoms with van der Waals surface area (Å²) in [7, 11) is 1.81. The van der Waals surface area contributed by atoms with Crippen LogP contribution in [0.3, 0.4) is 0 Å². The van der Waals surface area contributed by atoms with Gasteiger partial charge in [0.2, 0.25) is 11.8 Å². The van der Waals surface area contributed by atoms with Crippen molar-refractivity contribution < 1.29 is 14.3 Å². The first-order valence-corrected chi connectivity index (χ1v) is 6.42. The molecule has 2 unspecified atom stereocenters. The molecule has 1 saturated heterocycles. The Kier molecular flexibility index (Phi) is 6.07. The molecule has 1 rings (SSSR count). The number of likely N-dealkylation sites (N-methyl/N-ethyl adjacent to an activating group) is 1. The smallest absolute Gasteiger partial charge is 0.245 e. The van der Waals surface area contributed by atoms with Crippen molar-refractivity contribution in [2.75, 3.05) is 39.9 Å². The van der Waals surface area contributed by atoms with E-state index in [-0.39, 0.29) is 24.3 Å². The first-order valence-electron chi connectivity index (χ1n) is 6.42. The van der Waals surface area contributed by atoms with Crippen LogP contribution in [0.1, 0.15) is 13.8 Å². The maximum atomic E-state index is 12.3. The van der Waals surface area contributed by atoms with Crippen molar-refractivity contribution in [2.24, 2.45) is 5.92 Å². The monoisotopic (exact) mass is 257 g/mol. The van der Waals surface area contributed by atoms with E-state index in [0.717, 1.165) is 0 Å². The summed E-state index contributed by atoms with van der Waals surface area (Å²) in [5.41, 5.74) is 0. The number of carbonyl (C=O) groups excluding carboxylic acids is 2. The highest BCUT2D eigenvalue weighted by Gasteiger charge is 2.34. The zero-order chi connectivity index (χ0) is 13.5. The predicted octanol–water partition coefficient (Wildman–Crippen LogP) is -0.795. The number of ether oxygens (including phenoxy) is 1. The highest BCUT2D eigenvalue weighted by atomic mass is 16.5. The van der Waals surface area contributed by atoms with Crippen molar-refractivity contribution in [3.05, 3.63) is 0 Å². The Bertz CT molecular complexity index is 296. The van der Waals surface area contributed by atoms with Crippen LogP contribution in [0.5, 0.6) is 0 Å². The normalized spacial score (nSPS) is 21.5. The molecule has 1 fully saturated rings. The highest BCUT2D eigenvalue weighted by Crippen LogP contribution is 2.11. The van der Waals surface area contributed by atoms with Gasteiger partial charge in [-0.1, -0.05) is 6.92 Å². The van der Waals surface area contributed by atoms with Crippen molar-refractivity contribution in [3.63, 3.8) is 0 Å². The minimum atomic E-state index is -0.495. The summed E-state index contributed by atoms with van der Waals surface area (Å²) >= 11 is 0. The number of carbonyl (C=O) groups is 2. The summed E-state index contributed by atoms with van der Waals surface area (Å²) in [4.78, 5) is 25.8. The maximum Gasteiger partial charge on any atom is 0.245 e. The zero-order valence-electron chi connectivity index (χ0n) is 11.4. The second-order valence-electron chi connectivity index (χ2n) is 4.48. The molecule has 0 saturated carbocycles. The maximum absolute atomic E-state index is 12.3. The number of amides is 2. The van der Waals surface area contributed by atoms with Gasteiger partial charge in [-0.2, -0.15) is 0 Å². The third kappa shape index (κ3) is 3.68. The SMILES string of the molecule is CCNC(=O)C1COCCN1C(=O)C(C)CNC. The molecule has 0 spiro atoms. The van der Waals surface area contributed by atoms with Gasteiger partial charge in [-0.25, -0.2) is 0 Å². The zero-order valence-corrected chi connectivity index (χ0v) is 11.4. The van der Waals surface area contributed by atoms with E-state index in [1.165, 1.54) is 0 Å². The summed E-state index contributed by atoms with van der Waals surface area (Å²) in [6.07, 6.45) is 0. The van der Waals surface area contributed by atoms with Crippen LogP contribution < -0.4 is 10.6 Å². The van der Waals surface area contributed by atoms with Gasteiger partial charge in [0.05, 0.1) is 13.2 Å². The van der Waals surface area contributed by atoms with E-state index >= 15 is 0 Å². The Labute approximate surface area is 108 Å². The minimum Gasteiger partial charge on any atom is -0.377 e. The molecule has 18 heavy (non-hydrogen) atoms. The van der Waals surface area contributed by atoms with Crippen LogP contribution in [0.15, 0.2) is 0 Å². The first-order chi connectivity index (χ1) is 8.61. The van der Waals surface area contributed by atoms with Crippen LogP contribution in [0.25, 0.3) is 0 Å². The van der Waals surface area contributed by atoms with Crippen LogP contribution in [-0.4, -0.2) is 62.7 Å². The second kappa shape index (κ2) is 7.33. The largest absolute Gasteiger partial charge is 0.377 e. The Balaban J connectivity index is 2.69. The fourth-order valence-corrected chi connectivity index (χ4v) is 2.05. The average molecular weight is 257 g/mol. The molecule has 0 bridgehead atoms. The lowest BCUT2D eigenvalue weighted by atomic mass is 10.1. The summed E-state index contributed by atoms with van der Waals surface area (Å²) in [5, 5.41) is 5.72. The molecule has 2 N–H and O–H groups in total. The molecule has 0 aromatic carbocycles. The molecule has 0 aromatic rings. The van der Waals surface area contributed by atoms with Gasteiger partial charge >= 0.3 is 0 Å². The Morgan fingerprint density at radius 1 is 1.50 bits per heavy atom. The quantitative estimate of drug-likeness (QED) is 0.677. The molecule has 0 aromatic heterocycles. The summed E-state index contributed by atoms with van der Waals surface area (Å²) in [5.74, 6) is -0.267. The number of hydrogen-bond acceptors (Lipinski definition) is 4. The second-order valence-corrected chi connectivity index (χ2v) is 4.48. The van der Waals surface area contributed by atoms with Gasteiger partial charge in [-0.05, 0) is 14.0 Å². The highest BCUT2D eigenvalue weighted by molar-refractivity contribution is 5.88. The topological polar surface area (TPSA) is 70.7 Å². The van der Waals surface area contributed by atoms with Gasteiger partial charge in [-0.3, -0.25) is 9.59 Å². The minimum absolute atomic E-state index is 0.00361. The van der Waals surface area contributed by atoms with Gasteiger partial charge in [-0.15, -0.1) is 0 Å². The lowest BCUT2D eigenvalue weighted by molar-refractivity contribution is -0.151. The van der Waals surface area contributed by atoms with Gasteiger partial charge in [0, 0.05) is 25.6 Å². The predicted molar refractivity (Wildman–Crippen MR) is 68.1 cm³/mol. The van der Waals surface area contributed by atoms with E-state index in [1.54, 1.807) is 4.90 Å². The lowest BCUT2D eigenvalue weighted by Crippen LogP contribution is -2.57. The molecule has 6 heteroatoms. The average Bonchev–Trinajstić information content (AvgIpc) is 2.38. The number of nitrogens with zero attached hydrogens (tertiary/aromatic N) is 1. The van der Waals surface area contributed by atoms with Gasteiger partial charge in [0.1, 0.15) is 6.04 Å². The molecule has 1 heterocycles. The van der Waals surface area contributed by atoms with Gasteiger partial charge in [0.25, 0.3) is 0 Å². The first kappa shape index (κ1) is 14.9. The third-order valence-corrected chi connectivity index (χ3v) is 3.00. The lowest BCUT2D eigenvalue weighted by Gasteiger charge is -2.36. The van der Waals surface area contributed by atoms with Crippen molar-refractivity contribution in [1.29, 1.82) is 0 Å². The van der Waals surface area contributed by atoms with Crippen molar-refractivity contribution in [1.82, 2.24) is 15.5 Å². The van der Waals surface area contributed by atoms with E-state index in [4.69, 9.17) is 4.74 Å². The standard InChI is InChI=1S/C12H23N3O3/c1-4-14-11(16)10-8-18-6-5-15(10)12(17)9(2)7-13-3/h9-10,13H,4-8H2,1-3H3,(H,14,16). The number of morpholine rings is 1. The number of nitrogens with one attached hydrogen (secondary N) is 2. The molecule has 0 radical (unpaired) electrons. The molecule has 104 valence electrons. The van der Waals surface area contributed by atoms with Crippen molar-refractivity contribution in [3.8, 4) is 0 Å². The summed E-state index contributed by atoms with van der Waals surface area (Å²) in [6, 6.07) is -0.495. The Morgan fingerprint density at radius 2 is 2.22 bits per heavy atom. The molecule has 1 aliphatic rings.